The summed E-state index contributed by atoms with van der Waals surface area (Å²) in [6, 6.07) is 0. The predicted molar refractivity (Wildman–Crippen MR) is 30.1 cm³/mol. The van der Waals surface area contributed by atoms with Gasteiger partial charge in [-0.25, -0.2) is 0 Å². The summed E-state index contributed by atoms with van der Waals surface area (Å²) in [7, 11) is 0. The molecule has 2 saturated carbocycles. The molecule has 0 spiro atoms. The van der Waals surface area contributed by atoms with Crippen molar-refractivity contribution in [2.45, 2.75) is 19.3 Å². The van der Waals surface area contributed by atoms with Crippen LogP contribution in [0.25, 0.3) is 0 Å². The molecule has 2 aliphatic carbocycles. The Labute approximate surface area is 49.1 Å². The summed E-state index contributed by atoms with van der Waals surface area (Å²) < 4.78 is 0. The minimum atomic E-state index is 0.444. The van der Waals surface area contributed by atoms with Crippen molar-refractivity contribution < 1.29 is 4.79 Å². The monoisotopic (exact) mass is 109 g/mol. The van der Waals surface area contributed by atoms with Crippen LogP contribution in [0.5, 0.6) is 0 Å². The second-order valence-electron chi connectivity index (χ2n) is 2.83. The van der Waals surface area contributed by atoms with E-state index in [1.807, 2.05) is 0 Å². The molecule has 0 amide bonds. The number of carbonyl (C=O) groups is 1. The second-order valence-corrected chi connectivity index (χ2v) is 2.83. The Morgan fingerprint density at radius 2 is 2.50 bits per heavy atom. The number of fused-ring (bicyclic) bond motifs is 2. The van der Waals surface area contributed by atoms with E-state index in [1.54, 1.807) is 0 Å². The number of Topliss-reactive ketones (excluding diaryl/α,β-unsaturated/α-hetero) is 1. The van der Waals surface area contributed by atoms with Crippen LogP contribution in [0.3, 0.4) is 0 Å². The molecule has 0 aliphatic heterocycles. The third-order valence-corrected chi connectivity index (χ3v) is 2.26. The Bertz CT molecular complexity index is 128. The smallest absolute Gasteiger partial charge is 0.144 e. The zero-order valence-electron chi connectivity index (χ0n) is 4.76. The molecule has 1 nitrogen and oxygen atoms in total. The zero-order valence-corrected chi connectivity index (χ0v) is 4.76. The van der Waals surface area contributed by atoms with E-state index >= 15 is 0 Å². The molecule has 2 atom stereocenters. The predicted octanol–water partition coefficient (Wildman–Crippen LogP) is 1.19. The van der Waals surface area contributed by atoms with Gasteiger partial charge >= 0.3 is 0 Å². The first kappa shape index (κ1) is 4.42. The highest BCUT2D eigenvalue weighted by Gasteiger charge is 2.45. The first-order chi connectivity index (χ1) is 3.86. The highest BCUT2D eigenvalue weighted by molar-refractivity contribution is 5.84. The maximum atomic E-state index is 10.8. The lowest BCUT2D eigenvalue weighted by atomic mass is 10.00. The fourth-order valence-corrected chi connectivity index (χ4v) is 1.77. The van der Waals surface area contributed by atoms with Crippen molar-refractivity contribution in [2.24, 2.45) is 11.8 Å². The largest absolute Gasteiger partial charge is 0.299 e. The molecule has 0 radical (unpaired) electrons. The minimum absolute atomic E-state index is 0.444. The van der Waals surface area contributed by atoms with Crippen molar-refractivity contribution in [3.63, 3.8) is 0 Å². The summed E-state index contributed by atoms with van der Waals surface area (Å²) in [4.78, 5) is 10.8. The second kappa shape index (κ2) is 1.28. The molecule has 0 aromatic heterocycles. The normalized spacial score (nSPS) is 42.8. The van der Waals surface area contributed by atoms with Gasteiger partial charge in [-0.05, 0) is 0 Å². The van der Waals surface area contributed by atoms with Gasteiger partial charge in [0.15, 0.2) is 0 Å². The van der Waals surface area contributed by atoms with Crippen LogP contribution in [0.2, 0.25) is 0 Å². The molecule has 0 aromatic carbocycles. The average molecular weight is 109 g/mol. The average Bonchev–Trinajstić information content (AvgIpc) is 2.23. The van der Waals surface area contributed by atoms with Crippen LogP contribution in [0, 0.1) is 18.3 Å². The van der Waals surface area contributed by atoms with E-state index in [9.17, 15) is 4.79 Å². The molecule has 2 bridgehead atoms. The van der Waals surface area contributed by atoms with E-state index in [0.717, 1.165) is 12.8 Å². The Hall–Kier alpha value is -0.460. The topological polar surface area (TPSA) is 17.1 Å². The molecular weight excluding hydrogens is 100 g/mol. The lowest BCUT2D eigenvalue weighted by Crippen LogP contribution is -2.07. The Morgan fingerprint density at radius 3 is 2.75 bits per heavy atom. The molecule has 0 heterocycles. The van der Waals surface area contributed by atoms with Crippen molar-refractivity contribution >= 4 is 5.78 Å². The molecule has 2 aliphatic rings. The summed E-state index contributed by atoms with van der Waals surface area (Å²) in [5.74, 6) is 1.63. The summed E-state index contributed by atoms with van der Waals surface area (Å²) in [5.41, 5.74) is 0. The van der Waals surface area contributed by atoms with Gasteiger partial charge < -0.3 is 0 Å². The minimum Gasteiger partial charge on any atom is -0.299 e. The number of carbonyl (C=O) groups excluding carboxylic acids is 1. The van der Waals surface area contributed by atoms with Crippen molar-refractivity contribution in [3.05, 3.63) is 6.42 Å². The van der Waals surface area contributed by atoms with Gasteiger partial charge in [-0.3, -0.25) is 4.79 Å². The molecule has 8 heavy (non-hydrogen) atoms. The lowest BCUT2D eigenvalue weighted by molar-refractivity contribution is -0.121. The number of ketones is 1. The maximum absolute atomic E-state index is 10.8. The van der Waals surface area contributed by atoms with Crippen molar-refractivity contribution in [2.75, 3.05) is 0 Å². The first-order valence-corrected chi connectivity index (χ1v) is 3.22. The molecule has 2 unspecified atom stereocenters. The van der Waals surface area contributed by atoms with Crippen molar-refractivity contribution in [1.82, 2.24) is 0 Å². The lowest BCUT2D eigenvalue weighted by Gasteiger charge is -1.97. The molecule has 2 fully saturated rings. The van der Waals surface area contributed by atoms with Crippen LogP contribution in [0.4, 0.5) is 0 Å². The molecule has 42 valence electrons. The van der Waals surface area contributed by atoms with Gasteiger partial charge in [0.1, 0.15) is 11.7 Å². The van der Waals surface area contributed by atoms with E-state index in [1.165, 1.54) is 6.42 Å². The van der Waals surface area contributed by atoms with Crippen LogP contribution in [-0.4, -0.2) is 5.78 Å². The van der Waals surface area contributed by atoms with Gasteiger partial charge in [0, 0.05) is 12.8 Å². The van der Waals surface area contributed by atoms with E-state index in [0.29, 0.717) is 17.6 Å². The third kappa shape index (κ3) is 0.417. The van der Waals surface area contributed by atoms with Crippen LogP contribution >= 0.6 is 0 Å². The summed E-state index contributed by atoms with van der Waals surface area (Å²) in [6.07, 6.45) is 5.39. The van der Waals surface area contributed by atoms with E-state index in [-0.39, 0.29) is 0 Å². The Balaban J connectivity index is 2.22. The molecule has 1 heteroatoms. The fourth-order valence-electron chi connectivity index (χ4n) is 1.77. The molecule has 2 rings (SSSR count). The highest BCUT2D eigenvalue weighted by Crippen LogP contribution is 2.40. The molecule has 0 N–H and O–H groups in total. The Morgan fingerprint density at radius 1 is 1.62 bits per heavy atom. The molecule has 0 aromatic rings. The Kier molecular flexibility index (Phi) is 0.706. The summed E-state index contributed by atoms with van der Waals surface area (Å²) in [6.45, 7) is 0. The van der Waals surface area contributed by atoms with Crippen molar-refractivity contribution in [1.29, 1.82) is 0 Å². The van der Waals surface area contributed by atoms with E-state index < -0.39 is 0 Å². The van der Waals surface area contributed by atoms with Crippen LogP contribution in [-0.2, 0) is 4.79 Å². The first-order valence-electron chi connectivity index (χ1n) is 3.22. The summed E-state index contributed by atoms with van der Waals surface area (Å²) >= 11 is 0. The van der Waals surface area contributed by atoms with Gasteiger partial charge in [-0.15, -0.1) is 0 Å². The fraction of sp³-hybridized carbons (Fsp3) is 0.714. The van der Waals surface area contributed by atoms with Gasteiger partial charge in [0.2, 0.25) is 0 Å². The number of hydrogen-bond donors (Lipinski definition) is 0. The van der Waals surface area contributed by atoms with Gasteiger partial charge in [-0.1, -0.05) is 0 Å². The van der Waals surface area contributed by atoms with Gasteiger partial charge in [0.05, 0.1) is 18.8 Å². The SMILES string of the molecule is O=C1CC2[CH+]CC1C2. The highest BCUT2D eigenvalue weighted by atomic mass is 16.1. The zero-order chi connectivity index (χ0) is 5.56. The standard InChI is InChI=1S/C7H9O/c8-7-4-5-1-2-6(7)3-5/h1,5-6H,2-4H2/q+1. The summed E-state index contributed by atoms with van der Waals surface area (Å²) in [5, 5.41) is 0. The van der Waals surface area contributed by atoms with Gasteiger partial charge in [0.25, 0.3) is 0 Å². The van der Waals surface area contributed by atoms with Crippen LogP contribution in [0.1, 0.15) is 19.3 Å². The number of hydrogen-bond acceptors (Lipinski definition) is 1. The van der Waals surface area contributed by atoms with Crippen LogP contribution in [0.15, 0.2) is 0 Å². The molecule has 0 saturated heterocycles. The quantitative estimate of drug-likeness (QED) is 0.427. The number of rotatable bonds is 0. The maximum Gasteiger partial charge on any atom is 0.144 e. The van der Waals surface area contributed by atoms with E-state index in [4.69, 9.17) is 0 Å². The van der Waals surface area contributed by atoms with E-state index in [2.05, 4.69) is 6.42 Å². The molecular formula is C7H9O+. The van der Waals surface area contributed by atoms with Gasteiger partial charge in [-0.2, -0.15) is 0 Å². The third-order valence-electron chi connectivity index (χ3n) is 2.26. The van der Waals surface area contributed by atoms with Crippen molar-refractivity contribution in [3.8, 4) is 0 Å². The van der Waals surface area contributed by atoms with Crippen LogP contribution < -0.4 is 0 Å².